The van der Waals surface area contributed by atoms with Gasteiger partial charge in [-0.2, -0.15) is 0 Å². The Kier molecular flexibility index (Phi) is 12.4. The van der Waals surface area contributed by atoms with Crippen molar-refractivity contribution in [2.75, 3.05) is 60.5 Å². The van der Waals surface area contributed by atoms with Crippen LogP contribution in [0, 0.1) is 12.3 Å². The smallest absolute Gasteiger partial charge is 0.410 e. The van der Waals surface area contributed by atoms with Gasteiger partial charge >= 0.3 is 6.09 Å². The van der Waals surface area contributed by atoms with Crippen LogP contribution in [0.3, 0.4) is 0 Å². The topological polar surface area (TPSA) is 126 Å². The minimum absolute atomic E-state index is 0.0465. The van der Waals surface area contributed by atoms with Crippen molar-refractivity contribution >= 4 is 23.8 Å². The molecule has 12 heteroatoms. The molecule has 254 valence electrons. The highest BCUT2D eigenvalue weighted by Gasteiger charge is 2.38. The van der Waals surface area contributed by atoms with Crippen molar-refractivity contribution in [2.24, 2.45) is 5.41 Å². The van der Waals surface area contributed by atoms with Crippen molar-refractivity contribution in [1.82, 2.24) is 24.8 Å². The van der Waals surface area contributed by atoms with Crippen LogP contribution in [0.4, 0.5) is 4.79 Å². The summed E-state index contributed by atoms with van der Waals surface area (Å²) in [7, 11) is 5.17. The van der Waals surface area contributed by atoms with Crippen LogP contribution in [0.1, 0.15) is 107 Å². The lowest BCUT2D eigenvalue weighted by atomic mass is 9.75. The van der Waals surface area contributed by atoms with Crippen molar-refractivity contribution in [1.29, 1.82) is 0 Å². The Labute approximate surface area is 268 Å². The van der Waals surface area contributed by atoms with Crippen molar-refractivity contribution in [2.45, 2.75) is 104 Å². The van der Waals surface area contributed by atoms with Gasteiger partial charge in [-0.3, -0.25) is 14.4 Å². The van der Waals surface area contributed by atoms with Gasteiger partial charge < -0.3 is 33.6 Å². The monoisotopic (exact) mass is 633 g/mol. The highest BCUT2D eigenvalue weighted by molar-refractivity contribution is 5.96. The van der Waals surface area contributed by atoms with Gasteiger partial charge in [0.05, 0.1) is 12.3 Å². The quantitative estimate of drug-likeness (QED) is 0.450. The molecule has 0 saturated carbocycles. The molecule has 2 aliphatic heterocycles. The molecular formula is C33H55N5O7. The van der Waals surface area contributed by atoms with Crippen LogP contribution in [0.5, 0.6) is 0 Å². The Morgan fingerprint density at radius 1 is 1.09 bits per heavy atom. The van der Waals surface area contributed by atoms with E-state index < -0.39 is 11.6 Å². The third kappa shape index (κ3) is 9.67. The molecule has 1 aromatic heterocycles. The molecule has 3 heterocycles. The van der Waals surface area contributed by atoms with Gasteiger partial charge in [0.1, 0.15) is 29.6 Å². The van der Waals surface area contributed by atoms with E-state index in [0.717, 1.165) is 32.1 Å². The summed E-state index contributed by atoms with van der Waals surface area (Å²) in [5, 5.41) is 4.07. The molecule has 2 saturated heterocycles. The molecule has 2 aliphatic rings. The lowest BCUT2D eigenvalue weighted by molar-refractivity contribution is -0.147. The zero-order valence-corrected chi connectivity index (χ0v) is 28.9. The second-order valence-corrected chi connectivity index (χ2v) is 14.2. The molecular weight excluding hydrogens is 578 g/mol. The number of nitrogens with zero attached hydrogens (tertiary/aromatic N) is 5. The Morgan fingerprint density at radius 3 is 2.38 bits per heavy atom. The normalized spacial score (nSPS) is 20.6. The largest absolute Gasteiger partial charge is 0.444 e. The van der Waals surface area contributed by atoms with Crippen LogP contribution in [0.2, 0.25) is 0 Å². The number of piperidine rings is 1. The van der Waals surface area contributed by atoms with Crippen LogP contribution >= 0.6 is 0 Å². The molecule has 0 radical (unpaired) electrons. The predicted molar refractivity (Wildman–Crippen MR) is 170 cm³/mol. The van der Waals surface area contributed by atoms with Crippen LogP contribution in [-0.4, -0.2) is 121 Å². The maximum absolute atomic E-state index is 13.6. The molecule has 0 bridgehead atoms. The third-order valence-corrected chi connectivity index (χ3v) is 9.05. The number of carbonyl (C=O) groups is 4. The van der Waals surface area contributed by atoms with E-state index in [1.54, 1.807) is 42.8 Å². The Balaban J connectivity index is 1.62. The summed E-state index contributed by atoms with van der Waals surface area (Å²) >= 11 is 0. The first-order valence-electron chi connectivity index (χ1n) is 16.3. The number of carbonyl (C=O) groups excluding carboxylic acids is 4. The van der Waals surface area contributed by atoms with E-state index in [1.165, 1.54) is 4.90 Å². The summed E-state index contributed by atoms with van der Waals surface area (Å²) in [6.45, 7) is 13.7. The van der Waals surface area contributed by atoms with Gasteiger partial charge in [-0.15, -0.1) is 0 Å². The SMILES string of the molecule is Cc1onc(C(C)C)c1C(=O)N(C)CCC[C@H]1C(=O)N(C)CCCCC2(CCN(C(=O)OC(C)(C)C)CC2)COCC(=O)N1C. The van der Waals surface area contributed by atoms with E-state index in [1.807, 2.05) is 34.6 Å². The molecule has 45 heavy (non-hydrogen) atoms. The van der Waals surface area contributed by atoms with Crippen molar-refractivity contribution < 1.29 is 33.2 Å². The van der Waals surface area contributed by atoms with Crippen LogP contribution in [-0.2, 0) is 19.1 Å². The van der Waals surface area contributed by atoms with E-state index >= 15 is 0 Å². The standard InChI is InChI=1S/C33H55N5O7/c1-23(2)28-27(24(3)45-34-28)30(41)36(8)18-12-13-25-29(40)35(7)17-11-10-14-33(22-43-21-26(39)37(25)9)15-19-38(20-16-33)31(42)44-32(4,5)6/h23,25H,10-22H2,1-9H3/t25-/m0/s1. The van der Waals surface area contributed by atoms with E-state index in [0.29, 0.717) is 62.6 Å². The number of hydrogen-bond acceptors (Lipinski definition) is 8. The molecule has 0 N–H and O–H groups in total. The van der Waals surface area contributed by atoms with E-state index in [9.17, 15) is 19.2 Å². The van der Waals surface area contributed by atoms with E-state index in [-0.39, 0.29) is 41.8 Å². The number of rotatable bonds is 6. The molecule has 0 unspecified atom stereocenters. The number of aryl methyl sites for hydroxylation is 1. The van der Waals surface area contributed by atoms with Crippen molar-refractivity contribution in [3.05, 3.63) is 17.0 Å². The fourth-order valence-electron chi connectivity index (χ4n) is 6.14. The maximum atomic E-state index is 13.6. The number of aromatic nitrogens is 1. The van der Waals surface area contributed by atoms with Gasteiger partial charge in [0.2, 0.25) is 11.8 Å². The number of ether oxygens (including phenoxy) is 2. The van der Waals surface area contributed by atoms with Crippen molar-refractivity contribution in [3.8, 4) is 0 Å². The van der Waals surface area contributed by atoms with Gasteiger partial charge in [-0.05, 0) is 77.6 Å². The fraction of sp³-hybridized carbons (Fsp3) is 0.788. The lowest BCUT2D eigenvalue weighted by Crippen LogP contribution is -2.50. The van der Waals surface area contributed by atoms with Crippen LogP contribution in [0.15, 0.2) is 4.52 Å². The number of hydrogen-bond donors (Lipinski definition) is 0. The van der Waals surface area contributed by atoms with Crippen LogP contribution in [0.25, 0.3) is 0 Å². The van der Waals surface area contributed by atoms with Gasteiger partial charge in [-0.25, -0.2) is 4.79 Å². The molecule has 1 aromatic rings. The molecule has 0 aliphatic carbocycles. The van der Waals surface area contributed by atoms with Gasteiger partial charge in [0.25, 0.3) is 5.91 Å². The highest BCUT2D eigenvalue weighted by atomic mass is 16.6. The summed E-state index contributed by atoms with van der Waals surface area (Å²) in [6, 6.07) is -0.662. The Hall–Kier alpha value is -3.15. The van der Waals surface area contributed by atoms with E-state index in [4.69, 9.17) is 14.0 Å². The molecule has 12 nitrogen and oxygen atoms in total. The maximum Gasteiger partial charge on any atom is 0.410 e. The lowest BCUT2D eigenvalue weighted by Gasteiger charge is -2.42. The predicted octanol–water partition coefficient (Wildman–Crippen LogP) is 4.46. The third-order valence-electron chi connectivity index (χ3n) is 9.05. The molecule has 4 amide bonds. The van der Waals surface area contributed by atoms with Gasteiger partial charge in [0.15, 0.2) is 0 Å². The fourth-order valence-corrected chi connectivity index (χ4v) is 6.14. The van der Waals surface area contributed by atoms with Gasteiger partial charge in [0, 0.05) is 47.3 Å². The molecule has 2 fully saturated rings. The first-order chi connectivity index (χ1) is 21.0. The number of amides is 4. The Morgan fingerprint density at radius 2 is 1.76 bits per heavy atom. The zero-order chi connectivity index (χ0) is 33.5. The Bertz CT molecular complexity index is 1180. The minimum Gasteiger partial charge on any atom is -0.444 e. The second-order valence-electron chi connectivity index (χ2n) is 14.2. The summed E-state index contributed by atoms with van der Waals surface area (Å²) in [5.74, 6) is -0.00197. The van der Waals surface area contributed by atoms with Gasteiger partial charge in [-0.1, -0.05) is 25.4 Å². The van der Waals surface area contributed by atoms with E-state index in [2.05, 4.69) is 5.16 Å². The highest BCUT2D eigenvalue weighted by Crippen LogP contribution is 2.37. The average molecular weight is 634 g/mol. The average Bonchev–Trinajstić information content (AvgIpc) is 3.36. The summed E-state index contributed by atoms with van der Waals surface area (Å²) < 4.78 is 16.9. The molecule has 1 atom stereocenters. The van der Waals surface area contributed by atoms with Crippen LogP contribution < -0.4 is 0 Å². The van der Waals surface area contributed by atoms with Crippen molar-refractivity contribution in [3.63, 3.8) is 0 Å². The first kappa shape index (κ1) is 36.3. The summed E-state index contributed by atoms with van der Waals surface area (Å²) in [5.41, 5.74) is 0.444. The first-order valence-corrected chi connectivity index (χ1v) is 16.3. The molecule has 0 aromatic carbocycles. The number of likely N-dealkylation sites (tertiary alicyclic amines) is 1. The zero-order valence-electron chi connectivity index (χ0n) is 28.9. The minimum atomic E-state index is -0.662. The number of likely N-dealkylation sites (N-methyl/N-ethyl adjacent to an activating group) is 2. The molecule has 3 rings (SSSR count). The molecule has 1 spiro atoms. The summed E-state index contributed by atoms with van der Waals surface area (Å²) in [4.78, 5) is 59.3. The second kappa shape index (κ2) is 15.4. The summed E-state index contributed by atoms with van der Waals surface area (Å²) in [6.07, 6.45) is 4.83.